The number of nitrogens with one attached hydrogen (secondary N) is 1. The lowest BCUT2D eigenvalue weighted by Gasteiger charge is -2.07. The second-order valence-corrected chi connectivity index (χ2v) is 3.94. The molecule has 0 spiro atoms. The van der Waals surface area contributed by atoms with Gasteiger partial charge in [0.05, 0.1) is 6.54 Å². The fourth-order valence-corrected chi connectivity index (χ4v) is 2.39. The predicted molar refractivity (Wildman–Crippen MR) is 46.9 cm³/mol. The van der Waals surface area contributed by atoms with Crippen molar-refractivity contribution < 1.29 is 4.52 Å². The van der Waals surface area contributed by atoms with Crippen LogP contribution in [-0.4, -0.2) is 27.7 Å². The largest absolute Gasteiger partial charge is 0.343 e. The van der Waals surface area contributed by atoms with Crippen molar-refractivity contribution in [3.8, 4) is 0 Å². The number of thioether (sulfide) groups is 1. The van der Waals surface area contributed by atoms with Crippen LogP contribution in [0.4, 0.5) is 0 Å². The van der Waals surface area contributed by atoms with E-state index < -0.39 is 0 Å². The summed E-state index contributed by atoms with van der Waals surface area (Å²) in [5, 5.41) is 7.10. The van der Waals surface area contributed by atoms with Gasteiger partial charge < -0.3 is 9.84 Å². The zero-order valence-corrected chi connectivity index (χ0v) is 7.51. The van der Waals surface area contributed by atoms with Gasteiger partial charge >= 0.3 is 0 Å². The number of hydrogen-bond donors (Lipinski definition) is 1. The minimum absolute atomic E-state index is 0.633. The molecule has 1 aliphatic heterocycles. The normalized spacial score (nSPS) is 23.2. The van der Waals surface area contributed by atoms with Crippen LogP contribution < -0.4 is 5.32 Å². The van der Waals surface area contributed by atoms with E-state index in [2.05, 4.69) is 20.0 Å². The zero-order valence-electron chi connectivity index (χ0n) is 6.69. The first-order valence-corrected chi connectivity index (χ1v) is 5.17. The molecule has 0 saturated carbocycles. The second kappa shape index (κ2) is 3.91. The number of aromatic nitrogens is 2. The van der Waals surface area contributed by atoms with Gasteiger partial charge in [0.15, 0.2) is 5.82 Å². The van der Waals surface area contributed by atoms with E-state index in [1.54, 1.807) is 0 Å². The van der Waals surface area contributed by atoms with Crippen LogP contribution in [0, 0.1) is 0 Å². The SMILES string of the molecule is c1nc(CNC2CCSC2)no1. The monoisotopic (exact) mass is 185 g/mol. The molecule has 1 atom stereocenters. The Morgan fingerprint density at radius 2 is 2.75 bits per heavy atom. The Labute approximate surface area is 75.1 Å². The lowest BCUT2D eigenvalue weighted by Crippen LogP contribution is -2.28. The van der Waals surface area contributed by atoms with Crippen LogP contribution in [-0.2, 0) is 6.54 Å². The summed E-state index contributed by atoms with van der Waals surface area (Å²) >= 11 is 1.99. The van der Waals surface area contributed by atoms with Gasteiger partial charge in [-0.25, -0.2) is 0 Å². The maximum Gasteiger partial charge on any atom is 0.213 e. The van der Waals surface area contributed by atoms with Gasteiger partial charge in [0.25, 0.3) is 0 Å². The van der Waals surface area contributed by atoms with Crippen molar-refractivity contribution in [3.05, 3.63) is 12.2 Å². The summed E-state index contributed by atoms with van der Waals surface area (Å²) in [6.07, 6.45) is 2.61. The molecule has 2 heterocycles. The standard InChI is InChI=1S/C7H11N3OS/c1-2-12-4-6(1)8-3-7-9-5-11-10-7/h5-6,8H,1-4H2. The van der Waals surface area contributed by atoms with Crippen LogP contribution in [0.15, 0.2) is 10.9 Å². The fraction of sp³-hybridized carbons (Fsp3) is 0.714. The maximum atomic E-state index is 4.62. The molecule has 66 valence electrons. The van der Waals surface area contributed by atoms with E-state index in [0.29, 0.717) is 6.04 Å². The van der Waals surface area contributed by atoms with Gasteiger partial charge in [-0.15, -0.1) is 0 Å². The average molecular weight is 185 g/mol. The summed E-state index contributed by atoms with van der Waals surface area (Å²) in [7, 11) is 0. The highest BCUT2D eigenvalue weighted by molar-refractivity contribution is 7.99. The molecule has 1 N–H and O–H groups in total. The van der Waals surface area contributed by atoms with Crippen molar-refractivity contribution in [1.29, 1.82) is 0 Å². The molecule has 1 unspecified atom stereocenters. The molecule has 1 aliphatic rings. The minimum atomic E-state index is 0.633. The molecule has 0 bridgehead atoms. The minimum Gasteiger partial charge on any atom is -0.343 e. The highest BCUT2D eigenvalue weighted by atomic mass is 32.2. The van der Waals surface area contributed by atoms with Crippen molar-refractivity contribution in [2.45, 2.75) is 19.0 Å². The summed E-state index contributed by atoms with van der Waals surface area (Å²) < 4.78 is 4.62. The van der Waals surface area contributed by atoms with E-state index in [1.165, 1.54) is 24.3 Å². The van der Waals surface area contributed by atoms with Crippen molar-refractivity contribution in [3.63, 3.8) is 0 Å². The molecule has 0 amide bonds. The molecule has 12 heavy (non-hydrogen) atoms. The zero-order chi connectivity index (χ0) is 8.23. The molecular weight excluding hydrogens is 174 g/mol. The summed E-state index contributed by atoms with van der Waals surface area (Å²) in [6.45, 7) is 0.724. The first-order valence-electron chi connectivity index (χ1n) is 4.01. The van der Waals surface area contributed by atoms with Crippen molar-refractivity contribution in [2.75, 3.05) is 11.5 Å². The molecule has 1 fully saturated rings. The van der Waals surface area contributed by atoms with Crippen molar-refractivity contribution >= 4 is 11.8 Å². The van der Waals surface area contributed by atoms with Gasteiger partial charge in [-0.1, -0.05) is 5.16 Å². The van der Waals surface area contributed by atoms with Crippen LogP contribution >= 0.6 is 11.8 Å². The first kappa shape index (κ1) is 8.07. The summed E-state index contributed by atoms with van der Waals surface area (Å²) in [6, 6.07) is 0.633. The molecule has 1 aromatic heterocycles. The molecule has 0 radical (unpaired) electrons. The van der Waals surface area contributed by atoms with E-state index in [1.807, 2.05) is 11.8 Å². The second-order valence-electron chi connectivity index (χ2n) is 2.79. The van der Waals surface area contributed by atoms with E-state index in [4.69, 9.17) is 0 Å². The number of rotatable bonds is 3. The van der Waals surface area contributed by atoms with Crippen molar-refractivity contribution in [1.82, 2.24) is 15.5 Å². The molecule has 1 saturated heterocycles. The van der Waals surface area contributed by atoms with Gasteiger partial charge in [0.1, 0.15) is 0 Å². The summed E-state index contributed by atoms with van der Waals surface area (Å²) in [5.74, 6) is 3.22. The van der Waals surface area contributed by atoms with Crippen LogP contribution in [0.25, 0.3) is 0 Å². The summed E-state index contributed by atoms with van der Waals surface area (Å²) in [4.78, 5) is 3.93. The van der Waals surface area contributed by atoms with Crippen LogP contribution in [0.5, 0.6) is 0 Å². The molecule has 0 aromatic carbocycles. The Morgan fingerprint density at radius 3 is 3.42 bits per heavy atom. The Morgan fingerprint density at radius 1 is 1.75 bits per heavy atom. The Balaban J connectivity index is 1.74. The molecule has 4 nitrogen and oxygen atoms in total. The Bertz CT molecular complexity index is 221. The van der Waals surface area contributed by atoms with E-state index >= 15 is 0 Å². The predicted octanol–water partition coefficient (Wildman–Crippen LogP) is 0.665. The van der Waals surface area contributed by atoms with Gasteiger partial charge in [0, 0.05) is 11.8 Å². The molecular formula is C7H11N3OS. The number of nitrogens with zero attached hydrogens (tertiary/aromatic N) is 2. The smallest absolute Gasteiger partial charge is 0.213 e. The van der Waals surface area contributed by atoms with Gasteiger partial charge in [0.2, 0.25) is 6.39 Å². The first-order chi connectivity index (χ1) is 5.95. The Kier molecular flexibility index (Phi) is 2.63. The van der Waals surface area contributed by atoms with Crippen LogP contribution in [0.3, 0.4) is 0 Å². The number of hydrogen-bond acceptors (Lipinski definition) is 5. The average Bonchev–Trinajstić information content (AvgIpc) is 2.74. The fourth-order valence-electron chi connectivity index (χ4n) is 1.20. The van der Waals surface area contributed by atoms with Crippen molar-refractivity contribution in [2.24, 2.45) is 0 Å². The van der Waals surface area contributed by atoms with E-state index in [0.717, 1.165) is 12.4 Å². The highest BCUT2D eigenvalue weighted by Crippen LogP contribution is 2.16. The third-order valence-electron chi connectivity index (χ3n) is 1.89. The van der Waals surface area contributed by atoms with Crippen LogP contribution in [0.1, 0.15) is 12.2 Å². The molecule has 2 rings (SSSR count). The summed E-state index contributed by atoms with van der Waals surface area (Å²) in [5.41, 5.74) is 0. The third-order valence-corrected chi connectivity index (χ3v) is 3.05. The lowest BCUT2D eigenvalue weighted by molar-refractivity contribution is 0.405. The van der Waals surface area contributed by atoms with Gasteiger partial charge in [-0.05, 0) is 12.2 Å². The van der Waals surface area contributed by atoms with Crippen LogP contribution in [0.2, 0.25) is 0 Å². The topological polar surface area (TPSA) is 51.0 Å². The van der Waals surface area contributed by atoms with Gasteiger partial charge in [-0.2, -0.15) is 16.7 Å². The molecule has 0 aliphatic carbocycles. The quantitative estimate of drug-likeness (QED) is 0.750. The third kappa shape index (κ3) is 1.98. The Hall–Kier alpha value is -0.550. The van der Waals surface area contributed by atoms with Gasteiger partial charge in [-0.3, -0.25) is 0 Å². The lowest BCUT2D eigenvalue weighted by atomic mass is 10.2. The highest BCUT2D eigenvalue weighted by Gasteiger charge is 2.14. The maximum absolute atomic E-state index is 4.62. The molecule has 5 heteroatoms. The van der Waals surface area contributed by atoms with E-state index in [9.17, 15) is 0 Å². The van der Waals surface area contributed by atoms with E-state index in [-0.39, 0.29) is 0 Å². The molecule has 1 aromatic rings.